The summed E-state index contributed by atoms with van der Waals surface area (Å²) >= 11 is 0. The summed E-state index contributed by atoms with van der Waals surface area (Å²) in [5.74, 6) is 3.78. The first kappa shape index (κ1) is 9.75. The third-order valence-electron chi connectivity index (χ3n) is 1.68. The predicted molar refractivity (Wildman–Crippen MR) is 48.8 cm³/mol. The van der Waals surface area contributed by atoms with E-state index in [1.165, 1.54) is 0 Å². The summed E-state index contributed by atoms with van der Waals surface area (Å²) in [6.07, 6.45) is 6.17. The van der Waals surface area contributed by atoms with Crippen molar-refractivity contribution in [2.75, 3.05) is 0 Å². The van der Waals surface area contributed by atoms with Crippen LogP contribution in [0.15, 0.2) is 4.42 Å². The van der Waals surface area contributed by atoms with Crippen molar-refractivity contribution in [1.29, 1.82) is 0 Å². The summed E-state index contributed by atoms with van der Waals surface area (Å²) in [5, 5.41) is 10.7. The van der Waals surface area contributed by atoms with Crippen molar-refractivity contribution < 1.29 is 4.42 Å². The second-order valence-electron chi connectivity index (χ2n) is 2.72. The fraction of sp³-hybridized carbons (Fsp3) is 0.556. The van der Waals surface area contributed by atoms with Crippen LogP contribution in [0.4, 0.5) is 0 Å². The molecule has 1 rings (SSSR count). The van der Waals surface area contributed by atoms with E-state index in [0.29, 0.717) is 18.3 Å². The van der Waals surface area contributed by atoms with Crippen LogP contribution in [0, 0.1) is 19.3 Å². The minimum Gasteiger partial charge on any atom is -0.424 e. The van der Waals surface area contributed by atoms with E-state index < -0.39 is 0 Å². The van der Waals surface area contributed by atoms with E-state index in [1.807, 2.05) is 6.92 Å². The van der Waals surface area contributed by atoms with Gasteiger partial charge in [0.05, 0.1) is 12.6 Å². The molecule has 0 aromatic carbocycles. The number of hydrogen-bond donors (Lipinski definition) is 1. The molecule has 0 amide bonds. The second kappa shape index (κ2) is 4.63. The molecule has 1 aromatic heterocycles. The number of nitrogens with one attached hydrogen (secondary N) is 1. The molecule has 0 saturated heterocycles. The molecule has 0 bridgehead atoms. The number of aryl methyl sites for hydroxylation is 1. The molecule has 0 aliphatic heterocycles. The lowest BCUT2D eigenvalue weighted by Gasteiger charge is -2.06. The smallest absolute Gasteiger partial charge is 0.230 e. The van der Waals surface area contributed by atoms with Gasteiger partial charge in [0.2, 0.25) is 11.8 Å². The average Bonchev–Trinajstić information content (AvgIpc) is 2.53. The zero-order chi connectivity index (χ0) is 9.68. The monoisotopic (exact) mass is 179 g/mol. The Morgan fingerprint density at radius 1 is 1.62 bits per heavy atom. The molecule has 70 valence electrons. The van der Waals surface area contributed by atoms with Crippen molar-refractivity contribution in [1.82, 2.24) is 15.5 Å². The Morgan fingerprint density at radius 3 is 2.85 bits per heavy atom. The van der Waals surface area contributed by atoms with Crippen LogP contribution < -0.4 is 5.32 Å². The highest BCUT2D eigenvalue weighted by Crippen LogP contribution is 1.98. The van der Waals surface area contributed by atoms with Crippen LogP contribution in [0.2, 0.25) is 0 Å². The van der Waals surface area contributed by atoms with E-state index in [-0.39, 0.29) is 6.04 Å². The molecule has 0 aliphatic carbocycles. The second-order valence-corrected chi connectivity index (χ2v) is 2.72. The van der Waals surface area contributed by atoms with Crippen LogP contribution in [0.3, 0.4) is 0 Å². The minimum absolute atomic E-state index is 0.0761. The van der Waals surface area contributed by atoms with Crippen molar-refractivity contribution in [3.05, 3.63) is 11.8 Å². The number of hydrogen-bond acceptors (Lipinski definition) is 4. The number of aromatic nitrogens is 2. The molecule has 4 heteroatoms. The van der Waals surface area contributed by atoms with Crippen LogP contribution in [0.5, 0.6) is 0 Å². The van der Waals surface area contributed by atoms with Gasteiger partial charge in [0.15, 0.2) is 0 Å². The third-order valence-corrected chi connectivity index (χ3v) is 1.68. The first-order valence-electron chi connectivity index (χ1n) is 4.24. The zero-order valence-electron chi connectivity index (χ0n) is 7.87. The molecule has 0 saturated carbocycles. The fourth-order valence-electron chi connectivity index (χ4n) is 0.941. The van der Waals surface area contributed by atoms with Crippen LogP contribution >= 0.6 is 0 Å². The van der Waals surface area contributed by atoms with E-state index in [2.05, 4.69) is 21.4 Å². The summed E-state index contributed by atoms with van der Waals surface area (Å²) in [5.41, 5.74) is 0. The zero-order valence-corrected chi connectivity index (χ0v) is 7.87. The Labute approximate surface area is 77.7 Å². The lowest BCUT2D eigenvalue weighted by atomic mass is 10.2. The molecular formula is C9H13N3O. The maximum absolute atomic E-state index is 5.27. The molecule has 1 heterocycles. The topological polar surface area (TPSA) is 51.0 Å². The lowest BCUT2D eigenvalue weighted by Crippen LogP contribution is -2.26. The Bertz CT molecular complexity index is 300. The van der Waals surface area contributed by atoms with E-state index in [1.54, 1.807) is 6.92 Å². The van der Waals surface area contributed by atoms with Crippen molar-refractivity contribution in [3.8, 4) is 12.3 Å². The van der Waals surface area contributed by atoms with Gasteiger partial charge in [-0.3, -0.25) is 5.32 Å². The van der Waals surface area contributed by atoms with E-state index >= 15 is 0 Å². The molecular weight excluding hydrogens is 166 g/mol. The Morgan fingerprint density at radius 2 is 2.38 bits per heavy atom. The van der Waals surface area contributed by atoms with Gasteiger partial charge in [-0.1, -0.05) is 12.8 Å². The van der Waals surface area contributed by atoms with Gasteiger partial charge in [-0.25, -0.2) is 0 Å². The summed E-state index contributed by atoms with van der Waals surface area (Å²) < 4.78 is 5.17. The van der Waals surface area contributed by atoms with Crippen LogP contribution in [0.1, 0.15) is 25.1 Å². The van der Waals surface area contributed by atoms with Gasteiger partial charge in [0, 0.05) is 6.92 Å². The standard InChI is InChI=1S/C9H13N3O/c1-4-8(5-2)10-6-9-12-11-7(3)13-9/h1,8,10H,5-6H2,2-3H3. The predicted octanol–water partition coefficient (Wildman–Crippen LogP) is 0.879. The van der Waals surface area contributed by atoms with E-state index in [0.717, 1.165) is 6.42 Å². The summed E-state index contributed by atoms with van der Waals surface area (Å²) in [6, 6.07) is 0.0761. The van der Waals surface area contributed by atoms with Crippen molar-refractivity contribution in [2.24, 2.45) is 0 Å². The number of terminal acetylenes is 1. The lowest BCUT2D eigenvalue weighted by molar-refractivity contribution is 0.436. The quantitative estimate of drug-likeness (QED) is 0.697. The summed E-state index contributed by atoms with van der Waals surface area (Å²) in [6.45, 7) is 4.31. The van der Waals surface area contributed by atoms with Gasteiger partial charge in [-0.2, -0.15) is 0 Å². The Kier molecular flexibility index (Phi) is 3.47. The first-order valence-corrected chi connectivity index (χ1v) is 4.24. The van der Waals surface area contributed by atoms with Gasteiger partial charge in [0.1, 0.15) is 0 Å². The average molecular weight is 179 g/mol. The molecule has 0 aliphatic rings. The maximum Gasteiger partial charge on any atom is 0.230 e. The van der Waals surface area contributed by atoms with E-state index in [9.17, 15) is 0 Å². The number of rotatable bonds is 4. The van der Waals surface area contributed by atoms with Gasteiger partial charge in [-0.15, -0.1) is 16.6 Å². The van der Waals surface area contributed by atoms with Crippen LogP contribution in [-0.4, -0.2) is 16.2 Å². The summed E-state index contributed by atoms with van der Waals surface area (Å²) in [7, 11) is 0. The van der Waals surface area contributed by atoms with Gasteiger partial charge in [0.25, 0.3) is 0 Å². The Balaban J connectivity index is 2.39. The maximum atomic E-state index is 5.27. The van der Waals surface area contributed by atoms with Crippen LogP contribution in [0.25, 0.3) is 0 Å². The van der Waals surface area contributed by atoms with Crippen molar-refractivity contribution in [2.45, 2.75) is 32.9 Å². The molecule has 1 N–H and O–H groups in total. The number of nitrogens with zero attached hydrogens (tertiary/aromatic N) is 2. The highest BCUT2D eigenvalue weighted by molar-refractivity contribution is 4.98. The van der Waals surface area contributed by atoms with Gasteiger partial charge < -0.3 is 4.42 Å². The fourth-order valence-corrected chi connectivity index (χ4v) is 0.941. The van der Waals surface area contributed by atoms with E-state index in [4.69, 9.17) is 10.8 Å². The highest BCUT2D eigenvalue weighted by atomic mass is 16.4. The molecule has 0 spiro atoms. The largest absolute Gasteiger partial charge is 0.424 e. The molecule has 4 nitrogen and oxygen atoms in total. The van der Waals surface area contributed by atoms with Gasteiger partial charge in [-0.05, 0) is 6.42 Å². The van der Waals surface area contributed by atoms with Crippen molar-refractivity contribution >= 4 is 0 Å². The van der Waals surface area contributed by atoms with Gasteiger partial charge >= 0.3 is 0 Å². The first-order chi connectivity index (χ1) is 6.26. The molecule has 13 heavy (non-hydrogen) atoms. The Hall–Kier alpha value is -1.34. The molecule has 0 fully saturated rings. The molecule has 0 radical (unpaired) electrons. The minimum atomic E-state index is 0.0761. The molecule has 1 atom stereocenters. The normalized spacial score (nSPS) is 12.4. The van der Waals surface area contributed by atoms with Crippen molar-refractivity contribution in [3.63, 3.8) is 0 Å². The molecule has 1 aromatic rings. The van der Waals surface area contributed by atoms with Crippen LogP contribution in [-0.2, 0) is 6.54 Å². The molecule has 1 unspecified atom stereocenters. The SMILES string of the molecule is C#CC(CC)NCc1nnc(C)o1. The highest BCUT2D eigenvalue weighted by Gasteiger charge is 2.04. The third kappa shape index (κ3) is 2.88. The summed E-state index contributed by atoms with van der Waals surface area (Å²) in [4.78, 5) is 0.